The number of fused-ring (bicyclic) bond motifs is 1. The zero-order valence-electron chi connectivity index (χ0n) is 21.0. The van der Waals surface area contributed by atoms with Gasteiger partial charge >= 0.3 is 0 Å². The highest BCUT2D eigenvalue weighted by Gasteiger charge is 2.27. The number of rotatable bonds is 11. The molecule has 0 saturated carbocycles. The van der Waals surface area contributed by atoms with Crippen LogP contribution in [0.5, 0.6) is 11.5 Å². The molecule has 3 aromatic rings. The minimum absolute atomic E-state index is 0.0293. The van der Waals surface area contributed by atoms with Gasteiger partial charge in [-0.25, -0.2) is 13.4 Å². The lowest BCUT2D eigenvalue weighted by Gasteiger charge is -2.24. The van der Waals surface area contributed by atoms with Crippen LogP contribution in [0.2, 0.25) is 5.02 Å². The van der Waals surface area contributed by atoms with Crippen LogP contribution in [0.4, 0.5) is 0 Å². The molecule has 0 N–H and O–H groups in total. The van der Waals surface area contributed by atoms with Crippen LogP contribution < -0.4 is 9.47 Å². The molecule has 2 aromatic carbocycles. The lowest BCUT2D eigenvalue weighted by molar-refractivity contribution is 0.0674. The lowest BCUT2D eigenvalue weighted by Crippen LogP contribution is -2.34. The van der Waals surface area contributed by atoms with Gasteiger partial charge in [0.1, 0.15) is 0 Å². The number of aromatic nitrogens is 2. The summed E-state index contributed by atoms with van der Waals surface area (Å²) < 4.78 is 44.5. The highest BCUT2D eigenvalue weighted by molar-refractivity contribution is 7.90. The van der Waals surface area contributed by atoms with Crippen molar-refractivity contribution >= 4 is 27.3 Å². The Hall–Kier alpha value is -3.08. The first-order valence-electron chi connectivity index (χ1n) is 11.9. The van der Waals surface area contributed by atoms with Crippen LogP contribution in [0.3, 0.4) is 0 Å². The van der Waals surface area contributed by atoms with Gasteiger partial charge in [-0.15, -0.1) is 0 Å². The second kappa shape index (κ2) is 11.5. The smallest absolute Gasteiger partial charge is 0.254 e. The minimum atomic E-state index is -3.78. The Labute approximate surface area is 221 Å². The molecule has 1 aromatic heterocycles. The molecular formula is C26H30ClN3O6S. The lowest BCUT2D eigenvalue weighted by atomic mass is 10.1. The number of halogens is 1. The Bertz CT molecular complexity index is 1370. The van der Waals surface area contributed by atoms with Crippen LogP contribution in [0.25, 0.3) is 0 Å². The van der Waals surface area contributed by atoms with Crippen LogP contribution >= 0.6 is 11.6 Å². The van der Waals surface area contributed by atoms with Gasteiger partial charge in [0, 0.05) is 30.8 Å². The van der Waals surface area contributed by atoms with Crippen molar-refractivity contribution in [2.24, 2.45) is 5.92 Å². The highest BCUT2D eigenvalue weighted by atomic mass is 35.5. The Kier molecular flexibility index (Phi) is 8.41. The summed E-state index contributed by atoms with van der Waals surface area (Å²) >= 11 is 6.06. The van der Waals surface area contributed by atoms with Crippen molar-refractivity contribution in [1.82, 2.24) is 14.5 Å². The maximum atomic E-state index is 13.5. The Morgan fingerprint density at radius 3 is 2.70 bits per heavy atom. The Morgan fingerprint density at radius 1 is 1.19 bits per heavy atom. The second-order valence-corrected chi connectivity index (χ2v) is 11.5. The molecule has 1 amide bonds. The third-order valence-corrected chi connectivity index (χ3v) is 7.63. The molecule has 1 aliphatic rings. The quantitative estimate of drug-likeness (QED) is 0.355. The van der Waals surface area contributed by atoms with Crippen molar-refractivity contribution in [3.05, 3.63) is 70.5 Å². The van der Waals surface area contributed by atoms with Crippen molar-refractivity contribution in [1.29, 1.82) is 0 Å². The largest absolute Gasteiger partial charge is 0.454 e. The molecule has 0 spiro atoms. The van der Waals surface area contributed by atoms with Crippen LogP contribution in [-0.4, -0.2) is 55.8 Å². The molecule has 0 saturated heterocycles. The number of hydrogen-bond donors (Lipinski definition) is 0. The van der Waals surface area contributed by atoms with E-state index >= 15 is 0 Å². The first-order valence-corrected chi connectivity index (χ1v) is 13.9. The topological polar surface area (TPSA) is 100.0 Å². The first kappa shape index (κ1) is 27.0. The zero-order valence-corrected chi connectivity index (χ0v) is 22.6. The molecule has 0 atom stereocenters. The van der Waals surface area contributed by atoms with Gasteiger partial charge < -0.3 is 23.7 Å². The molecule has 0 fully saturated rings. The number of carbonyl (C=O) groups excluding carboxylic acids is 1. The summed E-state index contributed by atoms with van der Waals surface area (Å²) in [6.07, 6.45) is 1.53. The van der Waals surface area contributed by atoms with Crippen molar-refractivity contribution in [2.45, 2.75) is 37.8 Å². The monoisotopic (exact) mass is 547 g/mol. The molecule has 37 heavy (non-hydrogen) atoms. The fourth-order valence-corrected chi connectivity index (χ4v) is 5.80. The number of amides is 1. The van der Waals surface area contributed by atoms with Gasteiger partial charge in [-0.3, -0.25) is 4.79 Å². The summed E-state index contributed by atoms with van der Waals surface area (Å²) in [5.41, 5.74) is 1.63. The van der Waals surface area contributed by atoms with Crippen molar-refractivity contribution in [3.63, 3.8) is 0 Å². The van der Waals surface area contributed by atoms with Gasteiger partial charge in [0.25, 0.3) is 5.91 Å². The predicted octanol–water partition coefficient (Wildman–Crippen LogP) is 4.18. The van der Waals surface area contributed by atoms with Gasteiger partial charge in [-0.1, -0.05) is 37.6 Å². The van der Waals surface area contributed by atoms with E-state index in [1.165, 1.54) is 6.20 Å². The van der Waals surface area contributed by atoms with Crippen molar-refractivity contribution in [3.8, 4) is 11.5 Å². The summed E-state index contributed by atoms with van der Waals surface area (Å²) in [6, 6.07) is 11.8. The molecular weight excluding hydrogens is 518 g/mol. The predicted molar refractivity (Wildman–Crippen MR) is 139 cm³/mol. The molecule has 2 heterocycles. The van der Waals surface area contributed by atoms with E-state index in [0.717, 1.165) is 0 Å². The summed E-state index contributed by atoms with van der Waals surface area (Å²) in [5.74, 6) is 0.772. The summed E-state index contributed by atoms with van der Waals surface area (Å²) in [6.45, 7) is 5.31. The Balaban J connectivity index is 1.64. The van der Waals surface area contributed by atoms with Gasteiger partial charge in [0.2, 0.25) is 21.8 Å². The van der Waals surface area contributed by atoms with E-state index in [9.17, 15) is 13.2 Å². The molecule has 198 valence electrons. The number of sulfone groups is 1. The van der Waals surface area contributed by atoms with Crippen LogP contribution in [0.1, 0.15) is 35.5 Å². The van der Waals surface area contributed by atoms with Gasteiger partial charge in [0.05, 0.1) is 30.8 Å². The van der Waals surface area contributed by atoms with Crippen LogP contribution in [0, 0.1) is 5.92 Å². The van der Waals surface area contributed by atoms with Gasteiger partial charge in [-0.2, -0.15) is 0 Å². The molecule has 0 bridgehead atoms. The second-order valence-electron chi connectivity index (χ2n) is 9.21. The van der Waals surface area contributed by atoms with E-state index in [4.69, 9.17) is 25.8 Å². The van der Waals surface area contributed by atoms with E-state index in [1.54, 1.807) is 59.0 Å². The molecule has 1 aliphatic heterocycles. The normalized spacial score (nSPS) is 12.8. The molecule has 0 aliphatic carbocycles. The average Bonchev–Trinajstić information content (AvgIpc) is 3.47. The SMILES string of the molecule is COCCN(Cc1cnc(S(=O)(=O)Cc2cccc(Cl)c2)n1CC(C)C)C(=O)c1ccc2c(c1)OCO2. The van der Waals surface area contributed by atoms with E-state index in [-0.39, 0.29) is 36.1 Å². The van der Waals surface area contributed by atoms with Gasteiger partial charge in [0.15, 0.2) is 11.5 Å². The number of methoxy groups -OCH3 is 1. The molecule has 11 heteroatoms. The number of carbonyl (C=O) groups is 1. The summed E-state index contributed by atoms with van der Waals surface area (Å²) in [4.78, 5) is 19.4. The van der Waals surface area contributed by atoms with E-state index in [2.05, 4.69) is 4.98 Å². The average molecular weight is 548 g/mol. The maximum Gasteiger partial charge on any atom is 0.254 e. The fraction of sp³-hybridized carbons (Fsp3) is 0.385. The number of nitrogens with zero attached hydrogens (tertiary/aromatic N) is 3. The zero-order chi connectivity index (χ0) is 26.6. The van der Waals surface area contributed by atoms with E-state index in [1.807, 2.05) is 13.8 Å². The fourth-order valence-electron chi connectivity index (χ4n) is 4.10. The van der Waals surface area contributed by atoms with Gasteiger partial charge in [-0.05, 0) is 41.8 Å². The number of benzene rings is 2. The third-order valence-electron chi connectivity index (χ3n) is 5.80. The molecule has 4 rings (SSSR count). The molecule has 9 nitrogen and oxygen atoms in total. The standard InChI is InChI=1S/C26H30ClN3O6S/c1-18(2)14-30-22(13-28-26(30)37(32,33)16-19-5-4-6-21(27)11-19)15-29(9-10-34-3)25(31)20-7-8-23-24(12-20)36-17-35-23/h4-8,11-13,18H,9-10,14-17H2,1-3H3. The minimum Gasteiger partial charge on any atom is -0.454 e. The van der Waals surface area contributed by atoms with Crippen LogP contribution in [-0.2, 0) is 33.4 Å². The van der Waals surface area contributed by atoms with Crippen molar-refractivity contribution in [2.75, 3.05) is 27.1 Å². The summed E-state index contributed by atoms with van der Waals surface area (Å²) in [7, 11) is -2.22. The highest BCUT2D eigenvalue weighted by Crippen LogP contribution is 2.33. The maximum absolute atomic E-state index is 13.5. The number of imidazole rings is 1. The van der Waals surface area contributed by atoms with Crippen LogP contribution in [0.15, 0.2) is 53.8 Å². The first-order chi connectivity index (χ1) is 17.7. The van der Waals surface area contributed by atoms with E-state index in [0.29, 0.717) is 53.0 Å². The summed E-state index contributed by atoms with van der Waals surface area (Å²) in [5, 5.41) is 0.438. The molecule has 0 radical (unpaired) electrons. The number of hydrogen-bond acceptors (Lipinski definition) is 7. The molecule has 0 unspecified atom stereocenters. The third kappa shape index (κ3) is 6.44. The Morgan fingerprint density at radius 2 is 1.97 bits per heavy atom. The van der Waals surface area contributed by atoms with Crippen molar-refractivity contribution < 1.29 is 27.4 Å². The van der Waals surface area contributed by atoms with E-state index < -0.39 is 9.84 Å². The number of ether oxygens (including phenoxy) is 3.